The van der Waals surface area contributed by atoms with E-state index in [9.17, 15) is 4.79 Å². The van der Waals surface area contributed by atoms with Gasteiger partial charge in [-0.3, -0.25) is 4.79 Å². The van der Waals surface area contributed by atoms with Crippen LogP contribution < -0.4 is 10.6 Å². The van der Waals surface area contributed by atoms with Crippen LogP contribution in [0.25, 0.3) is 0 Å². The topological polar surface area (TPSA) is 41.1 Å². The van der Waals surface area contributed by atoms with Crippen LogP contribution in [-0.2, 0) is 4.79 Å². The zero-order valence-electron chi connectivity index (χ0n) is 13.0. The number of amides is 1. The van der Waals surface area contributed by atoms with Gasteiger partial charge in [0, 0.05) is 30.6 Å². The van der Waals surface area contributed by atoms with E-state index in [-0.39, 0.29) is 19.3 Å². The summed E-state index contributed by atoms with van der Waals surface area (Å²) in [6.07, 6.45) is 3.65. The fourth-order valence-electron chi connectivity index (χ4n) is 2.86. The zero-order chi connectivity index (χ0) is 14.4. The molecule has 2 unspecified atom stereocenters. The van der Waals surface area contributed by atoms with Crippen LogP contribution in [0.1, 0.15) is 54.4 Å². The smallest absolute Gasteiger partial charge is 0.223 e. The maximum Gasteiger partial charge on any atom is 0.223 e. The fraction of sp³-hybridized carbons (Fsp3) is 0.824. The van der Waals surface area contributed by atoms with Crippen LogP contribution in [0.5, 0.6) is 0 Å². The molecule has 20 heavy (non-hydrogen) atoms. The molecule has 0 bridgehead atoms. The number of hydrogen-bond acceptors (Lipinski definition) is 2. The highest BCUT2D eigenvalue weighted by Gasteiger charge is 2.26. The minimum atomic E-state index is 0. The van der Waals surface area contributed by atoms with Crippen molar-refractivity contribution in [2.75, 3.05) is 13.1 Å². The zero-order valence-corrected chi connectivity index (χ0v) is 13.0. The van der Waals surface area contributed by atoms with Gasteiger partial charge in [0.2, 0.25) is 5.91 Å². The van der Waals surface area contributed by atoms with Gasteiger partial charge in [-0.15, -0.1) is 0 Å². The Balaban J connectivity index is 0.000000345. The Morgan fingerprint density at radius 2 is 1.60 bits per heavy atom. The van der Waals surface area contributed by atoms with Crippen LogP contribution in [0, 0.1) is 23.7 Å². The van der Waals surface area contributed by atoms with Crippen molar-refractivity contribution in [1.29, 1.82) is 0 Å². The quantitative estimate of drug-likeness (QED) is 0.813. The molecule has 0 saturated carbocycles. The second-order valence-electron chi connectivity index (χ2n) is 6.37. The molecular formula is C17H34N2O. The van der Waals surface area contributed by atoms with Crippen LogP contribution in [0.15, 0.2) is 12.3 Å². The van der Waals surface area contributed by atoms with E-state index in [1.165, 1.54) is 18.5 Å². The summed E-state index contributed by atoms with van der Waals surface area (Å²) in [6, 6.07) is 0. The van der Waals surface area contributed by atoms with Crippen molar-refractivity contribution in [2.45, 2.75) is 54.4 Å². The SMILES string of the molecule is C.C=C1NCCCC1C(C)C.CC(C)C1CCNC1=O. The van der Waals surface area contributed by atoms with E-state index in [0.717, 1.165) is 25.4 Å². The van der Waals surface area contributed by atoms with Gasteiger partial charge >= 0.3 is 0 Å². The molecule has 2 aliphatic rings. The molecule has 2 saturated heterocycles. The summed E-state index contributed by atoms with van der Waals surface area (Å²) in [4.78, 5) is 10.9. The second kappa shape index (κ2) is 9.04. The van der Waals surface area contributed by atoms with Crippen molar-refractivity contribution < 1.29 is 4.79 Å². The third-order valence-electron chi connectivity index (χ3n) is 4.19. The highest BCUT2D eigenvalue weighted by molar-refractivity contribution is 5.80. The van der Waals surface area contributed by atoms with Crippen molar-refractivity contribution in [1.82, 2.24) is 10.6 Å². The summed E-state index contributed by atoms with van der Waals surface area (Å²) >= 11 is 0. The lowest BCUT2D eigenvalue weighted by Gasteiger charge is -2.28. The van der Waals surface area contributed by atoms with Crippen molar-refractivity contribution in [2.24, 2.45) is 23.7 Å². The normalized spacial score (nSPS) is 25.5. The lowest BCUT2D eigenvalue weighted by molar-refractivity contribution is -0.123. The summed E-state index contributed by atoms with van der Waals surface area (Å²) in [7, 11) is 0. The van der Waals surface area contributed by atoms with Gasteiger partial charge in [-0.25, -0.2) is 0 Å². The first-order valence-corrected chi connectivity index (χ1v) is 7.63. The molecule has 118 valence electrons. The largest absolute Gasteiger partial charge is 0.389 e. The highest BCUT2D eigenvalue weighted by Crippen LogP contribution is 2.25. The van der Waals surface area contributed by atoms with E-state index in [1.54, 1.807) is 0 Å². The minimum absolute atomic E-state index is 0. The number of carbonyl (C=O) groups is 1. The second-order valence-corrected chi connectivity index (χ2v) is 6.37. The van der Waals surface area contributed by atoms with Gasteiger partial charge < -0.3 is 10.6 Å². The van der Waals surface area contributed by atoms with Gasteiger partial charge in [0.1, 0.15) is 0 Å². The Bertz CT molecular complexity index is 310. The van der Waals surface area contributed by atoms with E-state index in [4.69, 9.17) is 0 Å². The van der Waals surface area contributed by atoms with Gasteiger partial charge in [-0.2, -0.15) is 0 Å². The molecule has 0 aromatic carbocycles. The summed E-state index contributed by atoms with van der Waals surface area (Å²) < 4.78 is 0. The Hall–Kier alpha value is -0.990. The van der Waals surface area contributed by atoms with Crippen molar-refractivity contribution in [3.63, 3.8) is 0 Å². The summed E-state index contributed by atoms with van der Waals surface area (Å²) in [5.74, 6) is 2.50. The van der Waals surface area contributed by atoms with Gasteiger partial charge in [-0.1, -0.05) is 41.7 Å². The minimum Gasteiger partial charge on any atom is -0.389 e. The fourth-order valence-corrected chi connectivity index (χ4v) is 2.86. The Labute approximate surface area is 125 Å². The molecule has 0 aromatic heterocycles. The molecule has 2 fully saturated rings. The number of allylic oxidation sites excluding steroid dienone is 1. The molecule has 0 aliphatic carbocycles. The first-order chi connectivity index (χ1) is 8.93. The first kappa shape index (κ1) is 19.0. The maximum absolute atomic E-state index is 10.9. The summed E-state index contributed by atoms with van der Waals surface area (Å²) in [5.41, 5.74) is 1.25. The molecule has 0 spiro atoms. The van der Waals surface area contributed by atoms with Crippen LogP contribution in [0.4, 0.5) is 0 Å². The number of hydrogen-bond donors (Lipinski definition) is 2. The van der Waals surface area contributed by atoms with Crippen LogP contribution >= 0.6 is 0 Å². The molecule has 2 aliphatic heterocycles. The van der Waals surface area contributed by atoms with E-state index in [2.05, 4.69) is 44.9 Å². The number of rotatable bonds is 2. The van der Waals surface area contributed by atoms with Crippen LogP contribution in [0.3, 0.4) is 0 Å². The Morgan fingerprint density at radius 3 is 1.90 bits per heavy atom. The average Bonchev–Trinajstić information content (AvgIpc) is 2.76. The lowest BCUT2D eigenvalue weighted by Crippen LogP contribution is -2.29. The number of carbonyl (C=O) groups excluding carboxylic acids is 1. The molecule has 2 heterocycles. The van der Waals surface area contributed by atoms with Gasteiger partial charge in [0.25, 0.3) is 0 Å². The molecule has 2 rings (SSSR count). The first-order valence-electron chi connectivity index (χ1n) is 7.63. The average molecular weight is 282 g/mol. The number of piperidine rings is 1. The molecular weight excluding hydrogens is 248 g/mol. The van der Waals surface area contributed by atoms with Gasteiger partial charge in [0.05, 0.1) is 0 Å². The maximum atomic E-state index is 10.9. The molecule has 2 atom stereocenters. The standard InChI is InChI=1S/C9H17N.C7H13NO.CH4/c1-7(2)9-5-4-6-10-8(9)3;1-5(2)6-3-4-8-7(6)9;/h7,9-10H,3-6H2,1-2H3;5-6H,3-4H2,1-2H3,(H,8,9);1H4. The third-order valence-corrected chi connectivity index (χ3v) is 4.19. The van der Waals surface area contributed by atoms with Crippen LogP contribution in [0.2, 0.25) is 0 Å². The Morgan fingerprint density at radius 1 is 1.00 bits per heavy atom. The Kier molecular flexibility index (Phi) is 8.59. The molecule has 0 aromatic rings. The van der Waals surface area contributed by atoms with E-state index in [1.807, 2.05) is 0 Å². The predicted molar refractivity (Wildman–Crippen MR) is 87.4 cm³/mol. The molecule has 2 N–H and O–H groups in total. The van der Waals surface area contributed by atoms with Crippen molar-refractivity contribution in [3.8, 4) is 0 Å². The van der Waals surface area contributed by atoms with Crippen molar-refractivity contribution in [3.05, 3.63) is 12.3 Å². The molecule has 0 radical (unpaired) electrons. The van der Waals surface area contributed by atoms with E-state index >= 15 is 0 Å². The van der Waals surface area contributed by atoms with Gasteiger partial charge in [-0.05, 0) is 31.1 Å². The monoisotopic (exact) mass is 282 g/mol. The van der Waals surface area contributed by atoms with Crippen molar-refractivity contribution >= 4 is 5.91 Å². The summed E-state index contributed by atoms with van der Waals surface area (Å²) in [5, 5.41) is 6.13. The third kappa shape index (κ3) is 5.56. The van der Waals surface area contributed by atoms with Gasteiger partial charge in [0.15, 0.2) is 0 Å². The molecule has 3 nitrogen and oxygen atoms in total. The van der Waals surface area contributed by atoms with E-state index < -0.39 is 0 Å². The summed E-state index contributed by atoms with van der Waals surface area (Å²) in [6.45, 7) is 14.7. The molecule has 3 heteroatoms. The lowest BCUT2D eigenvalue weighted by atomic mass is 9.86. The highest BCUT2D eigenvalue weighted by atomic mass is 16.2. The molecule has 1 amide bonds. The van der Waals surface area contributed by atoms with Crippen LogP contribution in [-0.4, -0.2) is 19.0 Å². The predicted octanol–water partition coefficient (Wildman–Crippen LogP) is 3.57. The number of nitrogens with one attached hydrogen (secondary N) is 2. The van der Waals surface area contributed by atoms with E-state index in [0.29, 0.717) is 11.8 Å².